The van der Waals surface area contributed by atoms with Gasteiger partial charge in [-0.05, 0) is 93.1 Å². The molecule has 0 unspecified atom stereocenters. The number of carbonyl (C=O) groups is 3. The number of H-pyrrole nitrogens is 1. The van der Waals surface area contributed by atoms with Crippen LogP contribution in [0.4, 0.5) is 0 Å². The van der Waals surface area contributed by atoms with E-state index < -0.39 is 17.8 Å². The number of amides is 1. The van der Waals surface area contributed by atoms with Gasteiger partial charge in [-0.15, -0.1) is 0 Å². The molecular weight excluding hydrogens is 845 g/mol. The summed E-state index contributed by atoms with van der Waals surface area (Å²) in [6.45, 7) is 1.26. The van der Waals surface area contributed by atoms with Gasteiger partial charge in [-0.1, -0.05) is 45.7 Å². The lowest BCUT2D eigenvalue weighted by Crippen LogP contribution is -2.19. The predicted molar refractivity (Wildman–Crippen MR) is 188 cm³/mol. The molecule has 1 amide bonds. The third-order valence-corrected chi connectivity index (χ3v) is 8.43. The van der Waals surface area contributed by atoms with E-state index in [2.05, 4.69) is 70.0 Å². The van der Waals surface area contributed by atoms with E-state index in [0.29, 0.717) is 30.7 Å². The SMILES string of the molecule is COc1cc(C(=O)Oc2c(Br)cc(Br)cc2C=NNC(=O)c2[nH]c3ccc(I)cc3c2-c2ccccc2Cl)ccc1OC(C)=O. The number of esters is 2. The van der Waals surface area contributed by atoms with E-state index in [9.17, 15) is 14.4 Å². The number of carbonyl (C=O) groups excluding carboxylic acids is 3. The Kier molecular flexibility index (Phi) is 10.3. The van der Waals surface area contributed by atoms with Gasteiger partial charge in [-0.3, -0.25) is 9.59 Å². The quantitative estimate of drug-likeness (QED) is 0.0531. The molecule has 0 aliphatic rings. The van der Waals surface area contributed by atoms with E-state index in [1.165, 1.54) is 38.4 Å². The first-order valence-corrected chi connectivity index (χ1v) is 16.1. The van der Waals surface area contributed by atoms with Crippen LogP contribution in [-0.4, -0.2) is 36.2 Å². The summed E-state index contributed by atoms with van der Waals surface area (Å²) in [5.41, 5.74) is 5.49. The molecule has 0 saturated heterocycles. The molecule has 0 aliphatic heterocycles. The molecule has 13 heteroatoms. The summed E-state index contributed by atoms with van der Waals surface area (Å²) in [5.74, 6) is -1.24. The third kappa shape index (κ3) is 7.40. The van der Waals surface area contributed by atoms with E-state index in [4.69, 9.17) is 25.8 Å². The minimum Gasteiger partial charge on any atom is -0.493 e. The summed E-state index contributed by atoms with van der Waals surface area (Å²) in [4.78, 5) is 41.2. The third-order valence-electron chi connectivity index (χ3n) is 6.39. The molecule has 5 rings (SSSR count). The Balaban J connectivity index is 1.43. The second-order valence-electron chi connectivity index (χ2n) is 9.40. The number of ether oxygens (including phenoxy) is 3. The van der Waals surface area contributed by atoms with Crippen molar-refractivity contribution in [2.45, 2.75) is 6.92 Å². The van der Waals surface area contributed by atoms with Gasteiger partial charge in [0.2, 0.25) is 0 Å². The lowest BCUT2D eigenvalue weighted by molar-refractivity contribution is -0.132. The van der Waals surface area contributed by atoms with Crippen LogP contribution >= 0.6 is 66.1 Å². The highest BCUT2D eigenvalue weighted by Crippen LogP contribution is 2.38. The highest BCUT2D eigenvalue weighted by Gasteiger charge is 2.22. The lowest BCUT2D eigenvalue weighted by atomic mass is 10.0. The van der Waals surface area contributed by atoms with E-state index in [1.54, 1.807) is 18.2 Å². The number of hydrogen-bond donors (Lipinski definition) is 2. The Morgan fingerprint density at radius 3 is 2.49 bits per heavy atom. The van der Waals surface area contributed by atoms with Gasteiger partial charge < -0.3 is 19.2 Å². The molecule has 0 aliphatic carbocycles. The van der Waals surface area contributed by atoms with Gasteiger partial charge in [0.15, 0.2) is 17.2 Å². The average molecular weight is 866 g/mol. The van der Waals surface area contributed by atoms with Crippen LogP contribution in [0.1, 0.15) is 33.3 Å². The normalized spacial score (nSPS) is 11.1. The van der Waals surface area contributed by atoms with Crippen molar-refractivity contribution >= 4 is 101 Å². The van der Waals surface area contributed by atoms with Crippen molar-refractivity contribution < 1.29 is 28.6 Å². The number of hydrazone groups is 1. The minimum absolute atomic E-state index is 0.148. The maximum atomic E-state index is 13.5. The number of nitrogens with zero attached hydrogens (tertiary/aromatic N) is 1. The monoisotopic (exact) mass is 863 g/mol. The fraction of sp³-hybridized carbons (Fsp3) is 0.0625. The molecule has 0 bridgehead atoms. The number of methoxy groups -OCH3 is 1. The van der Waals surface area contributed by atoms with Crippen LogP contribution in [-0.2, 0) is 4.79 Å². The van der Waals surface area contributed by atoms with Crippen molar-refractivity contribution in [3.63, 3.8) is 0 Å². The van der Waals surface area contributed by atoms with Gasteiger partial charge in [-0.25, -0.2) is 10.2 Å². The second-order valence-corrected chi connectivity index (χ2v) is 12.8. The van der Waals surface area contributed by atoms with E-state index in [-0.39, 0.29) is 28.5 Å². The van der Waals surface area contributed by atoms with Crippen LogP contribution in [0.5, 0.6) is 17.2 Å². The first kappa shape index (κ1) is 32.7. The Morgan fingerprint density at radius 2 is 1.76 bits per heavy atom. The number of benzene rings is 4. The van der Waals surface area contributed by atoms with Gasteiger partial charge in [0.05, 0.1) is 23.4 Å². The van der Waals surface area contributed by atoms with Crippen LogP contribution in [0.25, 0.3) is 22.0 Å². The Morgan fingerprint density at radius 1 is 0.978 bits per heavy atom. The highest BCUT2D eigenvalue weighted by molar-refractivity contribution is 14.1. The van der Waals surface area contributed by atoms with Gasteiger partial charge >= 0.3 is 11.9 Å². The summed E-state index contributed by atoms with van der Waals surface area (Å²) < 4.78 is 18.2. The van der Waals surface area contributed by atoms with Crippen molar-refractivity contribution in [1.82, 2.24) is 10.4 Å². The molecular formula is C32H21Br2ClIN3O6. The zero-order valence-corrected chi connectivity index (χ0v) is 29.5. The number of aromatic nitrogens is 1. The van der Waals surface area contributed by atoms with Crippen molar-refractivity contribution in [2.24, 2.45) is 5.10 Å². The molecule has 9 nitrogen and oxygen atoms in total. The standard InChI is InChI=1S/C32H21Br2ClIN3O6/c1-16(40)44-26-10-7-17(12-27(26)43-2)32(42)45-30-18(11-19(33)13-23(30)34)15-37-39-31(41)29-28(21-5-3-4-6-24(21)35)22-14-20(36)8-9-25(22)38-29/h3-15,38H,1-2H3,(H,39,41). The average Bonchev–Trinajstić information content (AvgIpc) is 3.37. The number of nitrogens with one attached hydrogen (secondary N) is 2. The molecule has 0 radical (unpaired) electrons. The van der Waals surface area contributed by atoms with Crippen molar-refractivity contribution in [2.75, 3.05) is 7.11 Å². The summed E-state index contributed by atoms with van der Waals surface area (Å²) in [7, 11) is 1.39. The summed E-state index contributed by atoms with van der Waals surface area (Å²) >= 11 is 15.6. The predicted octanol–water partition coefficient (Wildman–Crippen LogP) is 8.53. The number of rotatable bonds is 8. The molecule has 0 spiro atoms. The Labute approximate surface area is 292 Å². The molecule has 5 aromatic rings. The topological polar surface area (TPSA) is 119 Å². The van der Waals surface area contributed by atoms with Crippen LogP contribution in [0.2, 0.25) is 5.02 Å². The summed E-state index contributed by atoms with van der Waals surface area (Å²) in [5, 5.41) is 5.51. The van der Waals surface area contributed by atoms with Gasteiger partial charge in [0.25, 0.3) is 5.91 Å². The molecule has 0 fully saturated rings. The van der Waals surface area contributed by atoms with Crippen LogP contribution in [0.15, 0.2) is 86.8 Å². The van der Waals surface area contributed by atoms with E-state index in [1.807, 2.05) is 36.4 Å². The lowest BCUT2D eigenvalue weighted by Gasteiger charge is -2.12. The Bertz CT molecular complexity index is 2010. The van der Waals surface area contributed by atoms with Crippen molar-refractivity contribution in [1.29, 1.82) is 0 Å². The highest BCUT2D eigenvalue weighted by atomic mass is 127. The molecule has 0 saturated carbocycles. The van der Waals surface area contributed by atoms with Gasteiger partial charge in [0.1, 0.15) is 5.69 Å². The molecule has 2 N–H and O–H groups in total. The van der Waals surface area contributed by atoms with Crippen molar-refractivity contribution in [3.05, 3.63) is 107 Å². The van der Waals surface area contributed by atoms with E-state index >= 15 is 0 Å². The molecule has 1 heterocycles. The maximum Gasteiger partial charge on any atom is 0.343 e. The number of aromatic amines is 1. The van der Waals surface area contributed by atoms with Crippen LogP contribution in [0.3, 0.4) is 0 Å². The molecule has 4 aromatic carbocycles. The summed E-state index contributed by atoms with van der Waals surface area (Å²) in [6.07, 6.45) is 1.36. The van der Waals surface area contributed by atoms with E-state index in [0.717, 1.165) is 14.5 Å². The number of hydrogen-bond acceptors (Lipinski definition) is 7. The van der Waals surface area contributed by atoms with Crippen molar-refractivity contribution in [3.8, 4) is 28.4 Å². The van der Waals surface area contributed by atoms with Crippen LogP contribution in [0, 0.1) is 3.57 Å². The molecule has 0 atom stereocenters. The number of halogens is 4. The maximum absolute atomic E-state index is 13.5. The largest absolute Gasteiger partial charge is 0.493 e. The molecule has 228 valence electrons. The van der Waals surface area contributed by atoms with Crippen LogP contribution < -0.4 is 19.6 Å². The smallest absolute Gasteiger partial charge is 0.343 e. The zero-order valence-electron chi connectivity index (χ0n) is 23.4. The minimum atomic E-state index is -0.707. The summed E-state index contributed by atoms with van der Waals surface area (Å²) in [6, 6.07) is 20.8. The molecule has 45 heavy (non-hydrogen) atoms. The fourth-order valence-electron chi connectivity index (χ4n) is 4.46. The Hall–Kier alpha value is -3.72. The van der Waals surface area contributed by atoms with Gasteiger partial charge in [-0.2, -0.15) is 5.10 Å². The van der Waals surface area contributed by atoms with Gasteiger partial charge in [0, 0.05) is 47.6 Å². The zero-order chi connectivity index (χ0) is 32.2. The second kappa shape index (κ2) is 14.1. The first-order chi connectivity index (χ1) is 21.5. The first-order valence-electron chi connectivity index (χ1n) is 13.0. The fourth-order valence-corrected chi connectivity index (χ4v) is 6.52. The molecule has 1 aromatic heterocycles. The number of fused-ring (bicyclic) bond motifs is 1.